The summed E-state index contributed by atoms with van der Waals surface area (Å²) < 4.78 is 0. The third-order valence-electron chi connectivity index (χ3n) is 4.06. The molecule has 1 aliphatic heterocycles. The molecule has 6 heteroatoms. The monoisotopic (exact) mass is 304 g/mol. The van der Waals surface area contributed by atoms with Crippen molar-refractivity contribution in [2.45, 2.75) is 45.1 Å². The zero-order valence-electron chi connectivity index (χ0n) is 12.7. The summed E-state index contributed by atoms with van der Waals surface area (Å²) >= 11 is 0. The number of fused-ring (bicyclic) bond motifs is 1. The van der Waals surface area contributed by atoms with Gasteiger partial charge in [-0.15, -0.1) is 0 Å². The quantitative estimate of drug-likeness (QED) is 0.792. The maximum Gasteiger partial charge on any atom is 0.329 e. The van der Waals surface area contributed by atoms with Gasteiger partial charge in [-0.05, 0) is 49.9 Å². The Morgan fingerprint density at radius 1 is 1.36 bits per heavy atom. The van der Waals surface area contributed by atoms with Gasteiger partial charge in [-0.25, -0.2) is 4.79 Å². The molecule has 3 N–H and O–H groups in total. The number of carbonyl (C=O) groups is 3. The van der Waals surface area contributed by atoms with Gasteiger partial charge in [0.2, 0.25) is 5.91 Å². The SMILES string of the molecule is CCC(C)(NC(=O)c1ccc2c(c1)CCCC(=O)N2)C(=O)O. The number of hydrogen-bond acceptors (Lipinski definition) is 3. The van der Waals surface area contributed by atoms with Crippen LogP contribution in [0, 0.1) is 0 Å². The van der Waals surface area contributed by atoms with Crippen molar-refractivity contribution in [3.05, 3.63) is 29.3 Å². The van der Waals surface area contributed by atoms with Crippen LogP contribution in [0.3, 0.4) is 0 Å². The van der Waals surface area contributed by atoms with Crippen molar-refractivity contribution in [2.24, 2.45) is 0 Å². The minimum atomic E-state index is -1.29. The number of aliphatic carboxylic acids is 1. The van der Waals surface area contributed by atoms with Crippen molar-refractivity contribution in [2.75, 3.05) is 5.32 Å². The van der Waals surface area contributed by atoms with Crippen LogP contribution in [0.1, 0.15) is 49.0 Å². The number of amides is 2. The van der Waals surface area contributed by atoms with Gasteiger partial charge in [0.1, 0.15) is 5.54 Å². The van der Waals surface area contributed by atoms with E-state index >= 15 is 0 Å². The molecule has 0 radical (unpaired) electrons. The van der Waals surface area contributed by atoms with Crippen LogP contribution in [0.25, 0.3) is 0 Å². The lowest BCUT2D eigenvalue weighted by atomic mass is 9.98. The second kappa shape index (κ2) is 6.17. The van der Waals surface area contributed by atoms with E-state index in [9.17, 15) is 19.5 Å². The summed E-state index contributed by atoms with van der Waals surface area (Å²) in [5, 5.41) is 14.6. The predicted molar refractivity (Wildman–Crippen MR) is 81.8 cm³/mol. The highest BCUT2D eigenvalue weighted by Crippen LogP contribution is 2.23. The number of nitrogens with one attached hydrogen (secondary N) is 2. The number of carbonyl (C=O) groups excluding carboxylic acids is 2. The highest BCUT2D eigenvalue weighted by molar-refractivity contribution is 5.99. The molecular weight excluding hydrogens is 284 g/mol. The molecule has 0 aromatic heterocycles. The molecule has 1 unspecified atom stereocenters. The Morgan fingerprint density at radius 3 is 2.73 bits per heavy atom. The Hall–Kier alpha value is -2.37. The molecule has 2 amide bonds. The maximum absolute atomic E-state index is 12.3. The smallest absolute Gasteiger partial charge is 0.329 e. The predicted octanol–water partition coefficient (Wildman–Crippen LogP) is 1.94. The highest BCUT2D eigenvalue weighted by Gasteiger charge is 2.33. The molecule has 118 valence electrons. The number of rotatable bonds is 4. The first-order chi connectivity index (χ1) is 10.4. The fraction of sp³-hybridized carbons (Fsp3) is 0.438. The normalized spacial score (nSPS) is 16.7. The van der Waals surface area contributed by atoms with E-state index in [0.717, 1.165) is 17.7 Å². The fourth-order valence-electron chi connectivity index (χ4n) is 2.33. The van der Waals surface area contributed by atoms with Gasteiger partial charge >= 0.3 is 5.97 Å². The van der Waals surface area contributed by atoms with Gasteiger partial charge < -0.3 is 15.7 Å². The summed E-state index contributed by atoms with van der Waals surface area (Å²) in [6.07, 6.45) is 2.18. The highest BCUT2D eigenvalue weighted by atomic mass is 16.4. The van der Waals surface area contributed by atoms with Crippen LogP contribution in [-0.2, 0) is 16.0 Å². The van der Waals surface area contributed by atoms with Crippen molar-refractivity contribution < 1.29 is 19.5 Å². The van der Waals surface area contributed by atoms with Gasteiger partial charge in [0.15, 0.2) is 0 Å². The molecule has 2 rings (SSSR count). The van der Waals surface area contributed by atoms with Crippen molar-refractivity contribution in [1.29, 1.82) is 0 Å². The van der Waals surface area contributed by atoms with Gasteiger partial charge in [0.05, 0.1) is 0 Å². The number of anilines is 1. The molecule has 1 aromatic rings. The molecule has 0 saturated heterocycles. The van der Waals surface area contributed by atoms with Crippen molar-refractivity contribution in [3.63, 3.8) is 0 Å². The molecule has 22 heavy (non-hydrogen) atoms. The Labute approximate surface area is 128 Å². The zero-order chi connectivity index (χ0) is 16.3. The third kappa shape index (κ3) is 3.27. The van der Waals surface area contributed by atoms with E-state index < -0.39 is 17.4 Å². The average Bonchev–Trinajstić information content (AvgIpc) is 2.66. The minimum Gasteiger partial charge on any atom is -0.480 e. The lowest BCUT2D eigenvalue weighted by molar-refractivity contribution is -0.143. The Bertz CT molecular complexity index is 627. The fourth-order valence-corrected chi connectivity index (χ4v) is 2.33. The molecule has 1 atom stereocenters. The second-order valence-corrected chi connectivity index (χ2v) is 5.72. The largest absolute Gasteiger partial charge is 0.480 e. The zero-order valence-corrected chi connectivity index (χ0v) is 12.7. The van der Waals surface area contributed by atoms with Crippen LogP contribution in [0.4, 0.5) is 5.69 Å². The number of carboxylic acid groups (broad SMARTS) is 1. The number of benzene rings is 1. The molecule has 0 fully saturated rings. The van der Waals surface area contributed by atoms with Crippen LogP contribution in [-0.4, -0.2) is 28.4 Å². The first kappa shape index (κ1) is 16.0. The molecule has 1 heterocycles. The standard InChI is InChI=1S/C16H20N2O4/c1-3-16(2,15(21)22)18-14(20)11-7-8-12-10(9-11)5-4-6-13(19)17-12/h7-9H,3-6H2,1-2H3,(H,17,19)(H,18,20)(H,21,22). The molecule has 1 aromatic carbocycles. The molecule has 0 bridgehead atoms. The van der Waals surface area contributed by atoms with Crippen LogP contribution in [0.5, 0.6) is 0 Å². The Balaban J connectivity index is 2.23. The molecule has 1 aliphatic rings. The lowest BCUT2D eigenvalue weighted by Crippen LogP contribution is -2.51. The maximum atomic E-state index is 12.3. The van der Waals surface area contributed by atoms with E-state index in [1.54, 1.807) is 25.1 Å². The van der Waals surface area contributed by atoms with E-state index in [-0.39, 0.29) is 12.3 Å². The van der Waals surface area contributed by atoms with Crippen molar-refractivity contribution in [1.82, 2.24) is 5.32 Å². The average molecular weight is 304 g/mol. The number of carboxylic acids is 1. The van der Waals surface area contributed by atoms with Gasteiger partial charge in [-0.3, -0.25) is 9.59 Å². The Kier molecular flexibility index (Phi) is 4.49. The number of hydrogen-bond donors (Lipinski definition) is 3. The van der Waals surface area contributed by atoms with Gasteiger partial charge in [0, 0.05) is 17.7 Å². The summed E-state index contributed by atoms with van der Waals surface area (Å²) in [5.41, 5.74) is 0.719. The summed E-state index contributed by atoms with van der Waals surface area (Å²) in [7, 11) is 0. The van der Waals surface area contributed by atoms with E-state index in [1.165, 1.54) is 6.92 Å². The van der Waals surface area contributed by atoms with Crippen LogP contribution in [0.2, 0.25) is 0 Å². The van der Waals surface area contributed by atoms with Gasteiger partial charge in [-0.1, -0.05) is 6.92 Å². The van der Waals surface area contributed by atoms with Crippen molar-refractivity contribution >= 4 is 23.5 Å². The third-order valence-corrected chi connectivity index (χ3v) is 4.06. The van der Waals surface area contributed by atoms with Crippen LogP contribution >= 0.6 is 0 Å². The summed E-state index contributed by atoms with van der Waals surface area (Å²) in [6.45, 7) is 3.19. The molecule has 0 aliphatic carbocycles. The summed E-state index contributed by atoms with van der Waals surface area (Å²) in [4.78, 5) is 35.1. The molecule has 0 saturated carbocycles. The summed E-state index contributed by atoms with van der Waals surface area (Å²) in [5.74, 6) is -1.52. The topological polar surface area (TPSA) is 95.5 Å². The van der Waals surface area contributed by atoms with E-state index in [1.807, 2.05) is 0 Å². The Morgan fingerprint density at radius 2 is 2.09 bits per heavy atom. The van der Waals surface area contributed by atoms with Crippen LogP contribution < -0.4 is 10.6 Å². The van der Waals surface area contributed by atoms with Gasteiger partial charge in [0.25, 0.3) is 5.91 Å². The van der Waals surface area contributed by atoms with E-state index in [0.29, 0.717) is 18.4 Å². The first-order valence-corrected chi connectivity index (χ1v) is 7.34. The van der Waals surface area contributed by atoms with Gasteiger partial charge in [-0.2, -0.15) is 0 Å². The first-order valence-electron chi connectivity index (χ1n) is 7.34. The van der Waals surface area contributed by atoms with Crippen molar-refractivity contribution in [3.8, 4) is 0 Å². The molecule has 0 spiro atoms. The number of aryl methyl sites for hydroxylation is 1. The van der Waals surface area contributed by atoms with E-state index in [4.69, 9.17) is 0 Å². The lowest BCUT2D eigenvalue weighted by Gasteiger charge is -2.24. The minimum absolute atomic E-state index is 0.0274. The van der Waals surface area contributed by atoms with E-state index in [2.05, 4.69) is 10.6 Å². The molecule has 6 nitrogen and oxygen atoms in total. The second-order valence-electron chi connectivity index (χ2n) is 5.72. The van der Waals surface area contributed by atoms with Crippen LogP contribution in [0.15, 0.2) is 18.2 Å². The molecular formula is C16H20N2O4. The summed E-state index contributed by atoms with van der Waals surface area (Å²) in [6, 6.07) is 5.00.